The van der Waals surface area contributed by atoms with E-state index in [9.17, 15) is 22.9 Å². The van der Waals surface area contributed by atoms with Gasteiger partial charge in [-0.1, -0.05) is 0 Å². The standard InChI is InChI=1S/C11H16FN3O4S2/c1-7(3-4-20-2)14-21(18,19)11-9(12)5-8(15(16)17)6-10(11)13/h5-7,14H,3-4,13H2,1-2H3. The Morgan fingerprint density at radius 3 is 2.62 bits per heavy atom. The van der Waals surface area contributed by atoms with Crippen LogP contribution in [0.2, 0.25) is 0 Å². The Bertz CT molecular complexity index is 613. The lowest BCUT2D eigenvalue weighted by Crippen LogP contribution is -2.34. The van der Waals surface area contributed by atoms with Gasteiger partial charge in [0.15, 0.2) is 5.82 Å². The summed E-state index contributed by atoms with van der Waals surface area (Å²) in [4.78, 5) is 8.98. The number of nitrogen functional groups attached to an aromatic ring is 1. The Morgan fingerprint density at radius 1 is 1.52 bits per heavy atom. The fourth-order valence-electron chi connectivity index (χ4n) is 1.67. The van der Waals surface area contributed by atoms with E-state index in [2.05, 4.69) is 4.72 Å². The first kappa shape index (κ1) is 17.7. The lowest BCUT2D eigenvalue weighted by Gasteiger charge is -2.15. The van der Waals surface area contributed by atoms with E-state index < -0.39 is 43.1 Å². The maximum Gasteiger partial charge on any atom is 0.274 e. The van der Waals surface area contributed by atoms with Crippen LogP contribution >= 0.6 is 11.8 Å². The molecule has 0 fully saturated rings. The molecule has 0 aromatic heterocycles. The second-order valence-electron chi connectivity index (χ2n) is 4.41. The van der Waals surface area contributed by atoms with E-state index in [4.69, 9.17) is 5.73 Å². The molecule has 0 amide bonds. The number of hydrogen-bond donors (Lipinski definition) is 2. The van der Waals surface area contributed by atoms with Gasteiger partial charge in [-0.3, -0.25) is 10.1 Å². The molecule has 1 atom stereocenters. The van der Waals surface area contributed by atoms with E-state index in [1.165, 1.54) is 0 Å². The van der Waals surface area contributed by atoms with Crippen molar-refractivity contribution in [1.29, 1.82) is 0 Å². The summed E-state index contributed by atoms with van der Waals surface area (Å²) >= 11 is 1.55. The number of rotatable bonds is 7. The highest BCUT2D eigenvalue weighted by molar-refractivity contribution is 7.98. The van der Waals surface area contributed by atoms with Crippen molar-refractivity contribution in [2.75, 3.05) is 17.7 Å². The van der Waals surface area contributed by atoms with Gasteiger partial charge in [0, 0.05) is 12.1 Å². The maximum absolute atomic E-state index is 13.9. The Labute approximate surface area is 126 Å². The van der Waals surface area contributed by atoms with Crippen molar-refractivity contribution in [3.05, 3.63) is 28.1 Å². The average Bonchev–Trinajstić information content (AvgIpc) is 2.34. The molecule has 0 spiro atoms. The van der Waals surface area contributed by atoms with Crippen molar-refractivity contribution in [2.45, 2.75) is 24.3 Å². The molecule has 21 heavy (non-hydrogen) atoms. The Balaban J connectivity index is 3.12. The molecule has 1 unspecified atom stereocenters. The minimum Gasteiger partial charge on any atom is -0.397 e. The summed E-state index contributed by atoms with van der Waals surface area (Å²) in [6, 6.07) is 0.957. The van der Waals surface area contributed by atoms with Gasteiger partial charge in [0.2, 0.25) is 10.0 Å². The molecule has 0 bridgehead atoms. The number of nitro groups is 1. The van der Waals surface area contributed by atoms with Gasteiger partial charge in [-0.2, -0.15) is 11.8 Å². The second-order valence-corrected chi connectivity index (χ2v) is 7.04. The summed E-state index contributed by atoms with van der Waals surface area (Å²) in [6.07, 6.45) is 2.45. The molecule has 0 aliphatic rings. The van der Waals surface area contributed by atoms with Crippen LogP contribution in [0.25, 0.3) is 0 Å². The Hall–Kier alpha value is -1.39. The van der Waals surface area contributed by atoms with Gasteiger partial charge in [-0.05, 0) is 25.4 Å². The van der Waals surface area contributed by atoms with Crippen molar-refractivity contribution in [3.8, 4) is 0 Å². The van der Waals surface area contributed by atoms with Gasteiger partial charge in [0.25, 0.3) is 5.69 Å². The van der Waals surface area contributed by atoms with Gasteiger partial charge >= 0.3 is 0 Å². The molecule has 1 rings (SSSR count). The monoisotopic (exact) mass is 337 g/mol. The van der Waals surface area contributed by atoms with Gasteiger partial charge in [-0.15, -0.1) is 0 Å². The third-order valence-electron chi connectivity index (χ3n) is 2.65. The lowest BCUT2D eigenvalue weighted by molar-refractivity contribution is -0.385. The molecule has 3 N–H and O–H groups in total. The number of halogens is 1. The number of hydrogen-bond acceptors (Lipinski definition) is 6. The molecular formula is C11H16FN3O4S2. The summed E-state index contributed by atoms with van der Waals surface area (Å²) in [5.41, 5.74) is 4.36. The Morgan fingerprint density at radius 2 is 2.14 bits per heavy atom. The molecule has 118 valence electrons. The molecule has 1 aromatic rings. The molecule has 0 saturated heterocycles. The maximum atomic E-state index is 13.9. The molecule has 0 radical (unpaired) electrons. The van der Waals surface area contributed by atoms with Crippen LogP contribution in [-0.4, -0.2) is 31.4 Å². The topological polar surface area (TPSA) is 115 Å². The van der Waals surface area contributed by atoms with Crippen LogP contribution in [0.5, 0.6) is 0 Å². The van der Waals surface area contributed by atoms with Crippen molar-refractivity contribution < 1.29 is 17.7 Å². The van der Waals surface area contributed by atoms with Crippen molar-refractivity contribution in [2.24, 2.45) is 0 Å². The summed E-state index contributed by atoms with van der Waals surface area (Å²) in [7, 11) is -4.18. The van der Waals surface area contributed by atoms with Crippen LogP contribution in [-0.2, 0) is 10.0 Å². The summed E-state index contributed by atoms with van der Waals surface area (Å²) in [5, 5.41) is 10.6. The quantitative estimate of drug-likeness (QED) is 0.445. The van der Waals surface area contributed by atoms with Crippen LogP contribution in [0.15, 0.2) is 17.0 Å². The first-order valence-corrected chi connectivity index (χ1v) is 8.81. The molecular weight excluding hydrogens is 321 g/mol. The predicted octanol–water partition coefficient (Wildman–Crippen LogP) is 1.74. The molecule has 10 heteroatoms. The second kappa shape index (κ2) is 7.05. The number of non-ortho nitro benzene ring substituents is 1. The van der Waals surface area contributed by atoms with E-state index >= 15 is 0 Å². The number of nitrogens with two attached hydrogens (primary N) is 1. The normalized spacial score (nSPS) is 13.1. The van der Waals surface area contributed by atoms with E-state index in [0.29, 0.717) is 12.5 Å². The highest BCUT2D eigenvalue weighted by Gasteiger charge is 2.27. The zero-order valence-corrected chi connectivity index (χ0v) is 13.1. The van der Waals surface area contributed by atoms with Crippen molar-refractivity contribution in [3.63, 3.8) is 0 Å². The van der Waals surface area contributed by atoms with E-state index in [0.717, 1.165) is 11.8 Å². The molecule has 0 aliphatic carbocycles. The fraction of sp³-hybridized carbons (Fsp3) is 0.455. The largest absolute Gasteiger partial charge is 0.397 e. The number of sulfonamides is 1. The van der Waals surface area contributed by atoms with Crippen molar-refractivity contribution >= 4 is 33.2 Å². The number of thioether (sulfide) groups is 1. The molecule has 1 aromatic carbocycles. The third kappa shape index (κ3) is 4.55. The number of nitrogens with zero attached hydrogens (tertiary/aromatic N) is 1. The number of benzene rings is 1. The fourth-order valence-corrected chi connectivity index (χ4v) is 3.71. The summed E-state index contributed by atoms with van der Waals surface area (Å²) in [6.45, 7) is 1.65. The molecule has 0 heterocycles. The van der Waals surface area contributed by atoms with Crippen LogP contribution < -0.4 is 10.5 Å². The molecule has 0 aliphatic heterocycles. The van der Waals surface area contributed by atoms with Crippen LogP contribution in [0.3, 0.4) is 0 Å². The minimum atomic E-state index is -4.18. The van der Waals surface area contributed by atoms with Crippen LogP contribution in [0, 0.1) is 15.9 Å². The van der Waals surface area contributed by atoms with E-state index in [-0.39, 0.29) is 0 Å². The predicted molar refractivity (Wildman–Crippen MR) is 80.2 cm³/mol. The van der Waals surface area contributed by atoms with Crippen LogP contribution in [0.1, 0.15) is 13.3 Å². The highest BCUT2D eigenvalue weighted by atomic mass is 32.2. The first-order valence-electron chi connectivity index (χ1n) is 5.93. The molecule has 0 saturated carbocycles. The van der Waals surface area contributed by atoms with Gasteiger partial charge in [0.05, 0.1) is 16.7 Å². The zero-order valence-electron chi connectivity index (χ0n) is 11.5. The zero-order chi connectivity index (χ0) is 16.2. The van der Waals surface area contributed by atoms with Gasteiger partial charge < -0.3 is 5.73 Å². The highest BCUT2D eigenvalue weighted by Crippen LogP contribution is 2.27. The Kier molecular flexibility index (Phi) is 5.93. The van der Waals surface area contributed by atoms with Crippen molar-refractivity contribution in [1.82, 2.24) is 4.72 Å². The van der Waals surface area contributed by atoms with Gasteiger partial charge in [0.1, 0.15) is 4.90 Å². The lowest BCUT2D eigenvalue weighted by atomic mass is 10.3. The third-order valence-corrected chi connectivity index (χ3v) is 4.97. The number of nitro benzene ring substituents is 1. The smallest absolute Gasteiger partial charge is 0.274 e. The average molecular weight is 337 g/mol. The SMILES string of the molecule is CSCCC(C)NS(=O)(=O)c1c(N)cc([N+](=O)[O-])cc1F. The first-order chi connectivity index (χ1) is 9.69. The van der Waals surface area contributed by atoms with Crippen LogP contribution in [0.4, 0.5) is 15.8 Å². The number of nitrogens with one attached hydrogen (secondary N) is 1. The minimum absolute atomic E-state index is 0.406. The van der Waals surface area contributed by atoms with Gasteiger partial charge in [-0.25, -0.2) is 17.5 Å². The summed E-state index contributed by atoms with van der Waals surface area (Å²) < 4.78 is 40.4. The molecule has 7 nitrogen and oxygen atoms in total. The van der Waals surface area contributed by atoms with E-state index in [1.807, 2.05) is 6.26 Å². The van der Waals surface area contributed by atoms with E-state index in [1.54, 1.807) is 18.7 Å². The number of anilines is 1. The summed E-state index contributed by atoms with van der Waals surface area (Å²) in [5.74, 6) is -0.506.